The van der Waals surface area contributed by atoms with Crippen LogP contribution in [0.1, 0.15) is 59.3 Å². The third kappa shape index (κ3) is 3.26. The molecule has 1 aliphatic carbocycles. The lowest BCUT2D eigenvalue weighted by atomic mass is 9.94. The molecular formula is C17H33N3O. The number of nitrogens with one attached hydrogen (secondary N) is 1. The highest BCUT2D eigenvalue weighted by Gasteiger charge is 2.45. The van der Waals surface area contributed by atoms with E-state index in [2.05, 4.69) is 50.0 Å². The SMILES string of the molecule is CCCC1NC(C(C)C)C(=O)N1CC1(N(C)C)CCCC1. The van der Waals surface area contributed by atoms with Crippen molar-refractivity contribution in [1.29, 1.82) is 0 Å². The Hall–Kier alpha value is -0.610. The van der Waals surface area contributed by atoms with E-state index in [1.54, 1.807) is 0 Å². The van der Waals surface area contributed by atoms with E-state index in [-0.39, 0.29) is 17.7 Å². The molecule has 1 saturated carbocycles. The zero-order valence-corrected chi connectivity index (χ0v) is 14.5. The molecule has 0 aromatic carbocycles. The first-order valence-electron chi connectivity index (χ1n) is 8.65. The summed E-state index contributed by atoms with van der Waals surface area (Å²) in [6, 6.07) is 0.00200. The molecule has 0 aromatic rings. The summed E-state index contributed by atoms with van der Waals surface area (Å²) in [5, 5.41) is 3.58. The number of amides is 1. The van der Waals surface area contributed by atoms with Crippen molar-refractivity contribution in [2.75, 3.05) is 20.6 Å². The fourth-order valence-electron chi connectivity index (χ4n) is 3.98. The molecule has 2 fully saturated rings. The van der Waals surface area contributed by atoms with Crippen LogP contribution in [0.5, 0.6) is 0 Å². The number of hydrogen-bond acceptors (Lipinski definition) is 3. The Balaban J connectivity index is 2.16. The average Bonchev–Trinajstić information content (AvgIpc) is 3.00. The normalized spacial score (nSPS) is 29.1. The standard InChI is InChI=1S/C17H33N3O/c1-6-9-14-18-15(13(2)3)16(21)20(14)12-17(19(4)5)10-7-8-11-17/h13-15,18H,6-12H2,1-5H3. The summed E-state index contributed by atoms with van der Waals surface area (Å²) in [7, 11) is 4.35. The molecule has 0 bridgehead atoms. The van der Waals surface area contributed by atoms with E-state index in [9.17, 15) is 4.79 Å². The number of carbonyl (C=O) groups excluding carboxylic acids is 1. The minimum absolute atomic E-state index is 0.00200. The van der Waals surface area contributed by atoms with Crippen molar-refractivity contribution >= 4 is 5.91 Å². The highest BCUT2D eigenvalue weighted by Crippen LogP contribution is 2.36. The highest BCUT2D eigenvalue weighted by molar-refractivity contribution is 5.84. The monoisotopic (exact) mass is 295 g/mol. The molecule has 1 N–H and O–H groups in total. The van der Waals surface area contributed by atoms with Crippen molar-refractivity contribution in [3.63, 3.8) is 0 Å². The lowest BCUT2D eigenvalue weighted by Crippen LogP contribution is -2.54. The van der Waals surface area contributed by atoms with Crippen LogP contribution in [0.3, 0.4) is 0 Å². The second-order valence-electron chi connectivity index (χ2n) is 7.48. The molecule has 2 aliphatic rings. The van der Waals surface area contributed by atoms with Gasteiger partial charge in [0.05, 0.1) is 12.2 Å². The first-order valence-corrected chi connectivity index (χ1v) is 8.65. The predicted octanol–water partition coefficient (Wildman–Crippen LogP) is 2.44. The predicted molar refractivity (Wildman–Crippen MR) is 87.1 cm³/mol. The minimum atomic E-state index is 0.00200. The van der Waals surface area contributed by atoms with E-state index < -0.39 is 0 Å². The lowest BCUT2D eigenvalue weighted by molar-refractivity contribution is -0.132. The molecule has 4 nitrogen and oxygen atoms in total. The summed E-state index contributed by atoms with van der Waals surface area (Å²) >= 11 is 0. The number of nitrogens with zero attached hydrogens (tertiary/aromatic N) is 2. The maximum atomic E-state index is 12.8. The van der Waals surface area contributed by atoms with E-state index in [0.717, 1.165) is 19.4 Å². The van der Waals surface area contributed by atoms with Crippen LogP contribution in [-0.2, 0) is 4.79 Å². The van der Waals surface area contributed by atoms with Crippen molar-refractivity contribution < 1.29 is 4.79 Å². The van der Waals surface area contributed by atoms with Crippen molar-refractivity contribution in [3.8, 4) is 0 Å². The smallest absolute Gasteiger partial charge is 0.241 e. The Morgan fingerprint density at radius 3 is 2.43 bits per heavy atom. The Kier molecular flexibility index (Phi) is 5.31. The van der Waals surface area contributed by atoms with Crippen LogP contribution < -0.4 is 5.32 Å². The third-order valence-corrected chi connectivity index (χ3v) is 5.47. The average molecular weight is 295 g/mol. The van der Waals surface area contributed by atoms with Crippen molar-refractivity contribution in [2.24, 2.45) is 5.92 Å². The molecule has 1 amide bonds. The summed E-state index contributed by atoms with van der Waals surface area (Å²) in [4.78, 5) is 17.3. The van der Waals surface area contributed by atoms with Crippen LogP contribution in [0.2, 0.25) is 0 Å². The van der Waals surface area contributed by atoms with Crippen LogP contribution in [0.4, 0.5) is 0 Å². The van der Waals surface area contributed by atoms with Gasteiger partial charge in [0.25, 0.3) is 0 Å². The van der Waals surface area contributed by atoms with Crippen LogP contribution in [0.15, 0.2) is 0 Å². The molecule has 0 spiro atoms. The number of rotatable bonds is 6. The quantitative estimate of drug-likeness (QED) is 0.817. The third-order valence-electron chi connectivity index (χ3n) is 5.47. The van der Waals surface area contributed by atoms with Gasteiger partial charge in [0.15, 0.2) is 0 Å². The molecular weight excluding hydrogens is 262 g/mol. The number of hydrogen-bond donors (Lipinski definition) is 1. The van der Waals surface area contributed by atoms with Crippen LogP contribution >= 0.6 is 0 Å². The maximum absolute atomic E-state index is 12.8. The number of carbonyl (C=O) groups is 1. The fraction of sp³-hybridized carbons (Fsp3) is 0.941. The lowest BCUT2D eigenvalue weighted by Gasteiger charge is -2.41. The van der Waals surface area contributed by atoms with Gasteiger partial charge in [-0.1, -0.05) is 40.0 Å². The van der Waals surface area contributed by atoms with Crippen molar-refractivity contribution in [3.05, 3.63) is 0 Å². The summed E-state index contributed by atoms with van der Waals surface area (Å²) in [5.74, 6) is 0.678. The van der Waals surface area contributed by atoms with Gasteiger partial charge >= 0.3 is 0 Å². The highest BCUT2D eigenvalue weighted by atomic mass is 16.2. The zero-order chi connectivity index (χ0) is 15.6. The summed E-state index contributed by atoms with van der Waals surface area (Å²) in [6.45, 7) is 7.36. The van der Waals surface area contributed by atoms with Gasteiger partial charge in [-0.3, -0.25) is 10.1 Å². The molecule has 21 heavy (non-hydrogen) atoms. The molecule has 1 saturated heterocycles. The molecule has 122 valence electrons. The van der Waals surface area contributed by atoms with Crippen molar-refractivity contribution in [1.82, 2.24) is 15.1 Å². The maximum Gasteiger partial charge on any atom is 0.241 e. The summed E-state index contributed by atoms with van der Waals surface area (Å²) in [6.07, 6.45) is 7.41. The Bertz CT molecular complexity index is 361. The minimum Gasteiger partial charge on any atom is -0.324 e. The van der Waals surface area contributed by atoms with Crippen LogP contribution in [0, 0.1) is 5.92 Å². The first-order chi connectivity index (χ1) is 9.91. The Morgan fingerprint density at radius 2 is 1.95 bits per heavy atom. The summed E-state index contributed by atoms with van der Waals surface area (Å²) in [5.41, 5.74) is 0.190. The Labute approximate surface area is 130 Å². The van der Waals surface area contributed by atoms with Gasteiger partial charge in [-0.2, -0.15) is 0 Å². The molecule has 2 atom stereocenters. The van der Waals surface area contributed by atoms with Gasteiger partial charge in [-0.15, -0.1) is 0 Å². The molecule has 2 unspecified atom stereocenters. The molecule has 2 rings (SSSR count). The van der Waals surface area contributed by atoms with E-state index >= 15 is 0 Å². The van der Waals surface area contributed by atoms with Gasteiger partial charge in [0.2, 0.25) is 5.91 Å². The van der Waals surface area contributed by atoms with Crippen LogP contribution in [-0.4, -0.2) is 54.1 Å². The topological polar surface area (TPSA) is 35.6 Å². The number of likely N-dealkylation sites (N-methyl/N-ethyl adjacent to an activating group) is 1. The Morgan fingerprint density at radius 1 is 1.33 bits per heavy atom. The molecule has 1 heterocycles. The first kappa shape index (κ1) is 16.8. The van der Waals surface area contributed by atoms with Gasteiger partial charge < -0.3 is 9.80 Å². The fourth-order valence-corrected chi connectivity index (χ4v) is 3.98. The van der Waals surface area contributed by atoms with Gasteiger partial charge in [-0.05, 0) is 39.3 Å². The van der Waals surface area contributed by atoms with E-state index in [0.29, 0.717) is 11.8 Å². The second kappa shape index (κ2) is 6.66. The largest absolute Gasteiger partial charge is 0.324 e. The second-order valence-corrected chi connectivity index (χ2v) is 7.48. The molecule has 0 radical (unpaired) electrons. The van der Waals surface area contributed by atoms with Crippen molar-refractivity contribution in [2.45, 2.75) is 77.0 Å². The zero-order valence-electron chi connectivity index (χ0n) is 14.5. The van der Waals surface area contributed by atoms with Gasteiger partial charge in [0.1, 0.15) is 0 Å². The van der Waals surface area contributed by atoms with Gasteiger partial charge in [-0.25, -0.2) is 0 Å². The van der Waals surface area contributed by atoms with E-state index in [4.69, 9.17) is 0 Å². The van der Waals surface area contributed by atoms with E-state index in [1.807, 2.05) is 0 Å². The van der Waals surface area contributed by atoms with E-state index in [1.165, 1.54) is 25.7 Å². The van der Waals surface area contributed by atoms with Gasteiger partial charge in [0, 0.05) is 12.1 Å². The summed E-state index contributed by atoms with van der Waals surface area (Å²) < 4.78 is 0. The molecule has 4 heteroatoms. The van der Waals surface area contributed by atoms with Crippen LogP contribution in [0.25, 0.3) is 0 Å². The molecule has 0 aromatic heterocycles. The molecule has 1 aliphatic heterocycles.